The Hall–Kier alpha value is -3.67. The van der Waals surface area contributed by atoms with E-state index < -0.39 is 12.1 Å². The highest BCUT2D eigenvalue weighted by Crippen LogP contribution is 2.22. The number of carbonyl (C=O) groups excluding carboxylic acids is 1. The van der Waals surface area contributed by atoms with Gasteiger partial charge in [0.1, 0.15) is 0 Å². The molecule has 2 aromatic heterocycles. The Morgan fingerprint density at radius 3 is 2.63 bits per heavy atom. The maximum Gasteiger partial charge on any atom is 0.490 e. The van der Waals surface area contributed by atoms with Crippen molar-refractivity contribution in [2.75, 3.05) is 13.1 Å². The van der Waals surface area contributed by atoms with Crippen molar-refractivity contribution in [3.63, 3.8) is 0 Å². The molecule has 9 nitrogen and oxygen atoms in total. The molecule has 1 atom stereocenters. The Kier molecular flexibility index (Phi) is 7.95. The lowest BCUT2D eigenvalue weighted by Gasteiger charge is -2.27. The number of alkyl halides is 3. The van der Waals surface area contributed by atoms with Crippen LogP contribution in [0.2, 0.25) is 0 Å². The van der Waals surface area contributed by atoms with Crippen molar-refractivity contribution in [3.8, 4) is 0 Å². The van der Waals surface area contributed by atoms with Crippen LogP contribution in [0, 0.1) is 13.8 Å². The molecule has 35 heavy (non-hydrogen) atoms. The molecule has 3 heterocycles. The van der Waals surface area contributed by atoms with Gasteiger partial charge in [-0.25, -0.2) is 14.3 Å². The molecular formula is C23H26F3N5O4. The maximum atomic E-state index is 12.4. The van der Waals surface area contributed by atoms with Crippen LogP contribution in [0.5, 0.6) is 0 Å². The molecule has 4 rings (SSSR count). The van der Waals surface area contributed by atoms with Crippen molar-refractivity contribution in [3.05, 3.63) is 68.8 Å². The Balaban J connectivity index is 0.000000429. The van der Waals surface area contributed by atoms with Crippen LogP contribution in [0.15, 0.2) is 35.1 Å². The van der Waals surface area contributed by atoms with Crippen molar-refractivity contribution in [1.82, 2.24) is 25.2 Å². The highest BCUT2D eigenvalue weighted by atomic mass is 19.4. The predicted octanol–water partition coefficient (Wildman–Crippen LogP) is 2.21. The first-order valence-corrected chi connectivity index (χ1v) is 10.9. The van der Waals surface area contributed by atoms with Crippen LogP contribution >= 0.6 is 0 Å². The number of hydrogen-bond donors (Lipinski definition) is 4. The Labute approximate surface area is 198 Å². The first kappa shape index (κ1) is 25.9. The van der Waals surface area contributed by atoms with Gasteiger partial charge in [-0.15, -0.1) is 0 Å². The minimum Gasteiger partial charge on any atom is -0.475 e. The van der Waals surface area contributed by atoms with Gasteiger partial charge < -0.3 is 15.7 Å². The zero-order chi connectivity index (χ0) is 25.8. The largest absolute Gasteiger partial charge is 0.490 e. The van der Waals surface area contributed by atoms with E-state index in [4.69, 9.17) is 9.90 Å². The van der Waals surface area contributed by atoms with E-state index in [1.54, 1.807) is 4.52 Å². The summed E-state index contributed by atoms with van der Waals surface area (Å²) in [6, 6.07) is 10.0. The molecule has 3 aromatic rings. The smallest absolute Gasteiger partial charge is 0.475 e. The van der Waals surface area contributed by atoms with Crippen LogP contribution < -0.4 is 16.2 Å². The fourth-order valence-electron chi connectivity index (χ4n) is 4.04. The lowest BCUT2D eigenvalue weighted by atomic mass is 9.94. The fourth-order valence-corrected chi connectivity index (χ4v) is 4.04. The molecule has 0 bridgehead atoms. The maximum absolute atomic E-state index is 12.4. The van der Waals surface area contributed by atoms with Crippen LogP contribution in [0.4, 0.5) is 13.2 Å². The molecule has 1 unspecified atom stereocenters. The summed E-state index contributed by atoms with van der Waals surface area (Å²) in [4.78, 5) is 37.4. The highest BCUT2D eigenvalue weighted by molar-refractivity contribution is 5.76. The number of aliphatic carboxylic acids is 1. The van der Waals surface area contributed by atoms with E-state index in [0.29, 0.717) is 25.0 Å². The summed E-state index contributed by atoms with van der Waals surface area (Å²) in [6.07, 6.45) is -3.09. The van der Waals surface area contributed by atoms with E-state index in [1.165, 1.54) is 17.2 Å². The summed E-state index contributed by atoms with van der Waals surface area (Å²) < 4.78 is 33.4. The van der Waals surface area contributed by atoms with E-state index in [0.717, 1.165) is 29.9 Å². The number of aromatic nitrogens is 3. The molecule has 1 aromatic carbocycles. The summed E-state index contributed by atoms with van der Waals surface area (Å²) in [5.41, 5.74) is 5.82. The van der Waals surface area contributed by atoms with Crippen LogP contribution in [-0.4, -0.2) is 50.8 Å². The molecular weight excluding hydrogens is 467 g/mol. The molecule has 0 fully saturated rings. The summed E-state index contributed by atoms with van der Waals surface area (Å²) in [6.45, 7) is 5.36. The first-order chi connectivity index (χ1) is 16.5. The van der Waals surface area contributed by atoms with Gasteiger partial charge >= 0.3 is 12.1 Å². The average molecular weight is 493 g/mol. The lowest BCUT2D eigenvalue weighted by molar-refractivity contribution is -0.192. The third kappa shape index (κ3) is 6.47. The van der Waals surface area contributed by atoms with Gasteiger partial charge in [0.15, 0.2) is 5.65 Å². The monoisotopic (exact) mass is 493 g/mol. The topological polar surface area (TPSA) is 129 Å². The summed E-state index contributed by atoms with van der Waals surface area (Å²) in [5, 5.41) is 16.4. The molecule has 0 radical (unpaired) electrons. The van der Waals surface area contributed by atoms with Crippen LogP contribution in [0.25, 0.3) is 5.65 Å². The number of nitrogens with one attached hydrogen (secondary N) is 3. The van der Waals surface area contributed by atoms with E-state index in [1.807, 2.05) is 19.9 Å². The number of aromatic amines is 1. The van der Waals surface area contributed by atoms with Gasteiger partial charge in [0, 0.05) is 36.5 Å². The molecule has 4 N–H and O–H groups in total. The number of fused-ring (bicyclic) bond motifs is 2. The normalized spacial score (nSPS) is 15.2. The van der Waals surface area contributed by atoms with Crippen LogP contribution in [0.3, 0.4) is 0 Å². The standard InChI is InChI=1S/C21H25N5O2.C2HF3O2/c1-13-16(14(2)26-19(24-13)11-21(28)25-26)7-8-20(27)23-12-18-17-6-4-3-5-15(17)9-10-22-18;3-2(4,5)1(6)7/h3-6,11,18,22H,7-10,12H2,1-2H3,(H,23,27)(H,25,28);(H,6,7). The number of carbonyl (C=O) groups is 2. The molecule has 0 saturated heterocycles. The quantitative estimate of drug-likeness (QED) is 0.432. The number of aryl methyl sites for hydroxylation is 2. The van der Waals surface area contributed by atoms with Crippen molar-refractivity contribution in [1.29, 1.82) is 0 Å². The third-order valence-electron chi connectivity index (χ3n) is 5.77. The van der Waals surface area contributed by atoms with Crippen molar-refractivity contribution >= 4 is 17.5 Å². The molecule has 188 valence electrons. The predicted molar refractivity (Wildman–Crippen MR) is 121 cm³/mol. The minimum absolute atomic E-state index is 0.0183. The lowest BCUT2D eigenvalue weighted by Crippen LogP contribution is -2.38. The molecule has 0 spiro atoms. The Bertz CT molecular complexity index is 1280. The van der Waals surface area contributed by atoms with Gasteiger partial charge in [-0.3, -0.25) is 14.7 Å². The van der Waals surface area contributed by atoms with E-state index in [-0.39, 0.29) is 17.5 Å². The number of rotatable bonds is 5. The van der Waals surface area contributed by atoms with Crippen LogP contribution in [0.1, 0.15) is 40.5 Å². The summed E-state index contributed by atoms with van der Waals surface area (Å²) in [5.74, 6) is -2.74. The van der Waals surface area contributed by atoms with Gasteiger partial charge in [0.05, 0.1) is 0 Å². The number of hydrogen-bond acceptors (Lipinski definition) is 5. The van der Waals surface area contributed by atoms with Gasteiger partial charge in [-0.2, -0.15) is 13.2 Å². The van der Waals surface area contributed by atoms with Gasteiger partial charge in [-0.05, 0) is 49.9 Å². The number of carboxylic acids is 1. The molecule has 1 aliphatic heterocycles. The SMILES string of the molecule is Cc1nc2cc(=O)[nH]n2c(C)c1CCC(=O)NCC1NCCc2ccccc21.O=C(O)C(F)(F)F. The molecule has 0 aliphatic carbocycles. The number of benzene rings is 1. The van der Waals surface area contributed by atoms with E-state index >= 15 is 0 Å². The minimum atomic E-state index is -5.08. The number of amides is 1. The van der Waals surface area contributed by atoms with Crippen molar-refractivity contribution < 1.29 is 27.9 Å². The van der Waals surface area contributed by atoms with E-state index in [2.05, 4.69) is 38.9 Å². The first-order valence-electron chi connectivity index (χ1n) is 10.9. The van der Waals surface area contributed by atoms with Crippen molar-refractivity contribution in [2.24, 2.45) is 0 Å². The zero-order valence-electron chi connectivity index (χ0n) is 19.2. The second kappa shape index (κ2) is 10.7. The Morgan fingerprint density at radius 2 is 1.94 bits per heavy atom. The number of halogens is 3. The second-order valence-corrected chi connectivity index (χ2v) is 8.14. The average Bonchev–Trinajstić information content (AvgIpc) is 3.17. The number of H-pyrrole nitrogens is 1. The van der Waals surface area contributed by atoms with Gasteiger partial charge in [0.25, 0.3) is 5.56 Å². The summed E-state index contributed by atoms with van der Waals surface area (Å²) in [7, 11) is 0. The van der Waals surface area contributed by atoms with Gasteiger partial charge in [0.2, 0.25) is 5.91 Å². The second-order valence-electron chi connectivity index (χ2n) is 8.14. The summed E-state index contributed by atoms with van der Waals surface area (Å²) >= 11 is 0. The number of carboxylic acid groups (broad SMARTS) is 1. The molecule has 1 amide bonds. The van der Waals surface area contributed by atoms with Crippen molar-refractivity contribution in [2.45, 2.75) is 45.3 Å². The molecule has 0 saturated carbocycles. The number of nitrogens with zero attached hydrogens (tertiary/aromatic N) is 2. The molecule has 1 aliphatic rings. The third-order valence-corrected chi connectivity index (χ3v) is 5.77. The molecule has 12 heteroatoms. The fraction of sp³-hybridized carbons (Fsp3) is 0.391. The van der Waals surface area contributed by atoms with Gasteiger partial charge in [-0.1, -0.05) is 24.3 Å². The van der Waals surface area contributed by atoms with E-state index in [9.17, 15) is 22.8 Å². The Morgan fingerprint density at radius 1 is 1.26 bits per heavy atom. The zero-order valence-corrected chi connectivity index (χ0v) is 19.2. The highest BCUT2D eigenvalue weighted by Gasteiger charge is 2.38. The van der Waals surface area contributed by atoms with Crippen LogP contribution in [-0.2, 0) is 22.4 Å².